The van der Waals surface area contributed by atoms with E-state index in [2.05, 4.69) is 31.0 Å². The van der Waals surface area contributed by atoms with Gasteiger partial charge in [-0.15, -0.1) is 0 Å². The van der Waals surface area contributed by atoms with Crippen molar-refractivity contribution < 1.29 is 4.74 Å². The third-order valence-electron chi connectivity index (χ3n) is 3.25. The predicted molar refractivity (Wildman–Crippen MR) is 64.2 cm³/mol. The summed E-state index contributed by atoms with van der Waals surface area (Å²) in [6.07, 6.45) is 2.86. The average molecular weight is 214 g/mol. The van der Waals surface area contributed by atoms with Crippen molar-refractivity contribution >= 4 is 0 Å². The Hall–Kier alpha value is -0.120. The molecule has 1 aliphatic rings. The monoisotopic (exact) mass is 214 g/mol. The molecule has 0 aromatic heterocycles. The summed E-state index contributed by atoms with van der Waals surface area (Å²) in [6.45, 7) is 10.2. The van der Waals surface area contributed by atoms with E-state index in [4.69, 9.17) is 4.74 Å². The molecule has 0 spiro atoms. The number of likely N-dealkylation sites (tertiary alicyclic amines) is 1. The van der Waals surface area contributed by atoms with E-state index >= 15 is 0 Å². The smallest absolute Gasteiger partial charge is 0.0595 e. The summed E-state index contributed by atoms with van der Waals surface area (Å²) in [5.41, 5.74) is 0. The van der Waals surface area contributed by atoms with Crippen molar-refractivity contribution in [2.24, 2.45) is 0 Å². The molecule has 0 aromatic rings. The van der Waals surface area contributed by atoms with Gasteiger partial charge >= 0.3 is 0 Å². The Kier molecular flexibility index (Phi) is 5.58. The van der Waals surface area contributed by atoms with E-state index in [0.29, 0.717) is 18.2 Å². The van der Waals surface area contributed by atoms with Crippen molar-refractivity contribution in [1.29, 1.82) is 0 Å². The number of piperidine rings is 1. The summed E-state index contributed by atoms with van der Waals surface area (Å²) in [5, 5.41) is 3.49. The Morgan fingerprint density at radius 3 is 2.33 bits per heavy atom. The largest absolute Gasteiger partial charge is 0.381 e. The molecule has 1 unspecified atom stereocenters. The van der Waals surface area contributed by atoms with Crippen LogP contribution in [0.5, 0.6) is 0 Å². The molecule has 1 heterocycles. The van der Waals surface area contributed by atoms with E-state index in [9.17, 15) is 0 Å². The van der Waals surface area contributed by atoms with Crippen LogP contribution < -0.4 is 5.32 Å². The van der Waals surface area contributed by atoms with Gasteiger partial charge in [0, 0.05) is 38.8 Å². The summed E-state index contributed by atoms with van der Waals surface area (Å²) < 4.78 is 5.38. The number of methoxy groups -OCH3 is 1. The Balaban J connectivity index is 2.20. The third kappa shape index (κ3) is 4.49. The highest BCUT2D eigenvalue weighted by atomic mass is 16.5. The van der Waals surface area contributed by atoms with Crippen molar-refractivity contribution in [3.05, 3.63) is 0 Å². The van der Waals surface area contributed by atoms with Gasteiger partial charge in [0.15, 0.2) is 0 Å². The van der Waals surface area contributed by atoms with Crippen LogP contribution in [0.1, 0.15) is 33.6 Å². The zero-order chi connectivity index (χ0) is 11.3. The molecular formula is C12H26N2O. The number of ether oxygens (including phenoxy) is 1. The summed E-state index contributed by atoms with van der Waals surface area (Å²) >= 11 is 0. The maximum atomic E-state index is 5.38. The van der Waals surface area contributed by atoms with Gasteiger partial charge in [-0.05, 0) is 19.8 Å². The lowest BCUT2D eigenvalue weighted by Crippen LogP contribution is -2.46. The SMILES string of the molecule is COC1CCN(C(C)CNC(C)C)CC1. The number of nitrogens with one attached hydrogen (secondary N) is 1. The molecule has 0 aliphatic carbocycles. The van der Waals surface area contributed by atoms with E-state index in [1.165, 1.54) is 25.9 Å². The maximum Gasteiger partial charge on any atom is 0.0595 e. The first-order valence-electron chi connectivity index (χ1n) is 6.13. The Morgan fingerprint density at radius 2 is 1.87 bits per heavy atom. The van der Waals surface area contributed by atoms with E-state index in [1.807, 2.05) is 7.11 Å². The topological polar surface area (TPSA) is 24.5 Å². The second-order valence-corrected chi connectivity index (χ2v) is 4.88. The van der Waals surface area contributed by atoms with Crippen LogP contribution in [0.3, 0.4) is 0 Å². The van der Waals surface area contributed by atoms with E-state index < -0.39 is 0 Å². The summed E-state index contributed by atoms with van der Waals surface area (Å²) in [5.74, 6) is 0. The molecule has 0 radical (unpaired) electrons. The molecule has 0 aromatic carbocycles. The van der Waals surface area contributed by atoms with Crippen LogP contribution in [-0.2, 0) is 4.74 Å². The van der Waals surface area contributed by atoms with E-state index in [-0.39, 0.29) is 0 Å². The van der Waals surface area contributed by atoms with Crippen LogP contribution >= 0.6 is 0 Å². The first kappa shape index (κ1) is 12.9. The molecule has 1 fully saturated rings. The molecule has 3 heteroatoms. The minimum absolute atomic E-state index is 0.492. The standard InChI is InChI=1S/C12H26N2O/c1-10(2)13-9-11(3)14-7-5-12(15-4)6-8-14/h10-13H,5-9H2,1-4H3. The lowest BCUT2D eigenvalue weighted by Gasteiger charge is -2.35. The van der Waals surface area contributed by atoms with Crippen molar-refractivity contribution in [3.8, 4) is 0 Å². The molecule has 1 saturated heterocycles. The molecule has 0 bridgehead atoms. The molecule has 1 aliphatic heterocycles. The first-order chi connectivity index (χ1) is 7.13. The highest BCUT2D eigenvalue weighted by molar-refractivity contribution is 4.77. The Morgan fingerprint density at radius 1 is 1.27 bits per heavy atom. The lowest BCUT2D eigenvalue weighted by molar-refractivity contribution is 0.0295. The van der Waals surface area contributed by atoms with Crippen molar-refractivity contribution in [2.75, 3.05) is 26.7 Å². The Bertz CT molecular complexity index is 165. The number of rotatable bonds is 5. The molecule has 0 saturated carbocycles. The van der Waals surface area contributed by atoms with Crippen LogP contribution in [0.15, 0.2) is 0 Å². The maximum absolute atomic E-state index is 5.38. The van der Waals surface area contributed by atoms with Crippen LogP contribution in [0.4, 0.5) is 0 Å². The fourth-order valence-electron chi connectivity index (χ4n) is 2.09. The molecule has 3 nitrogen and oxygen atoms in total. The molecular weight excluding hydrogens is 188 g/mol. The zero-order valence-electron chi connectivity index (χ0n) is 10.6. The van der Waals surface area contributed by atoms with Gasteiger partial charge in [0.2, 0.25) is 0 Å². The molecule has 1 N–H and O–H groups in total. The van der Waals surface area contributed by atoms with Crippen LogP contribution in [0.2, 0.25) is 0 Å². The fraction of sp³-hybridized carbons (Fsp3) is 1.00. The number of hydrogen-bond donors (Lipinski definition) is 1. The van der Waals surface area contributed by atoms with Gasteiger partial charge in [-0.3, -0.25) is 4.90 Å². The van der Waals surface area contributed by atoms with Gasteiger partial charge in [0.1, 0.15) is 0 Å². The fourth-order valence-corrected chi connectivity index (χ4v) is 2.09. The molecule has 15 heavy (non-hydrogen) atoms. The lowest BCUT2D eigenvalue weighted by atomic mass is 10.1. The van der Waals surface area contributed by atoms with E-state index in [0.717, 1.165) is 6.54 Å². The van der Waals surface area contributed by atoms with Gasteiger partial charge in [-0.1, -0.05) is 13.8 Å². The number of nitrogens with zero attached hydrogens (tertiary/aromatic N) is 1. The minimum atomic E-state index is 0.492. The third-order valence-corrected chi connectivity index (χ3v) is 3.25. The predicted octanol–water partition coefficient (Wildman–Crippen LogP) is 1.48. The van der Waals surface area contributed by atoms with Crippen LogP contribution in [0, 0.1) is 0 Å². The van der Waals surface area contributed by atoms with Crippen molar-refractivity contribution in [1.82, 2.24) is 10.2 Å². The normalized spacial score (nSPS) is 22.2. The van der Waals surface area contributed by atoms with Gasteiger partial charge in [-0.2, -0.15) is 0 Å². The highest BCUT2D eigenvalue weighted by Gasteiger charge is 2.22. The zero-order valence-corrected chi connectivity index (χ0v) is 10.6. The van der Waals surface area contributed by atoms with Crippen molar-refractivity contribution in [3.63, 3.8) is 0 Å². The summed E-state index contributed by atoms with van der Waals surface area (Å²) in [6, 6.07) is 1.23. The number of hydrogen-bond acceptors (Lipinski definition) is 3. The van der Waals surface area contributed by atoms with Gasteiger partial charge in [-0.25, -0.2) is 0 Å². The Labute approximate surface area is 94.2 Å². The quantitative estimate of drug-likeness (QED) is 0.750. The second-order valence-electron chi connectivity index (χ2n) is 4.88. The highest BCUT2D eigenvalue weighted by Crippen LogP contribution is 2.14. The summed E-state index contributed by atoms with van der Waals surface area (Å²) in [4.78, 5) is 2.56. The molecule has 1 atom stereocenters. The van der Waals surface area contributed by atoms with Crippen LogP contribution in [-0.4, -0.2) is 49.8 Å². The van der Waals surface area contributed by atoms with Crippen LogP contribution in [0.25, 0.3) is 0 Å². The molecule has 90 valence electrons. The first-order valence-corrected chi connectivity index (χ1v) is 6.13. The van der Waals surface area contributed by atoms with E-state index in [1.54, 1.807) is 0 Å². The van der Waals surface area contributed by atoms with Gasteiger partial charge in [0.05, 0.1) is 6.10 Å². The minimum Gasteiger partial charge on any atom is -0.381 e. The average Bonchev–Trinajstić information content (AvgIpc) is 2.26. The van der Waals surface area contributed by atoms with Crippen molar-refractivity contribution in [2.45, 2.75) is 51.8 Å². The molecule has 0 amide bonds. The van der Waals surface area contributed by atoms with Gasteiger partial charge in [0.25, 0.3) is 0 Å². The molecule has 1 rings (SSSR count). The summed E-state index contributed by atoms with van der Waals surface area (Å²) in [7, 11) is 1.82. The second kappa shape index (κ2) is 6.46. The van der Waals surface area contributed by atoms with Gasteiger partial charge < -0.3 is 10.1 Å².